The third kappa shape index (κ3) is 3.01. The summed E-state index contributed by atoms with van der Waals surface area (Å²) >= 11 is 0. The summed E-state index contributed by atoms with van der Waals surface area (Å²) in [4.78, 5) is 0. The number of nitrogens with zero attached hydrogens (tertiary/aromatic N) is 2. The number of hydrogen-bond donors (Lipinski definition) is 1. The van der Waals surface area contributed by atoms with Crippen molar-refractivity contribution >= 4 is 0 Å². The molecule has 0 bridgehead atoms. The van der Waals surface area contributed by atoms with E-state index >= 15 is 0 Å². The van der Waals surface area contributed by atoms with Crippen molar-refractivity contribution in [1.29, 1.82) is 0 Å². The summed E-state index contributed by atoms with van der Waals surface area (Å²) in [5.41, 5.74) is 1.97. The van der Waals surface area contributed by atoms with E-state index in [2.05, 4.69) is 15.5 Å². The molecule has 2 aromatic rings. The van der Waals surface area contributed by atoms with Crippen LogP contribution in [0.15, 0.2) is 36.4 Å². The number of ether oxygens (including phenoxy) is 1. The van der Waals surface area contributed by atoms with E-state index in [-0.39, 0.29) is 0 Å². The van der Waals surface area contributed by atoms with Crippen molar-refractivity contribution in [2.24, 2.45) is 0 Å². The van der Waals surface area contributed by atoms with Crippen molar-refractivity contribution in [3.05, 3.63) is 47.7 Å². The SMILES string of the molecule is CNCc1ccccc1Oc1ccc(C)nn1. The number of hydrogen-bond acceptors (Lipinski definition) is 4. The largest absolute Gasteiger partial charge is 0.437 e. The summed E-state index contributed by atoms with van der Waals surface area (Å²) in [6, 6.07) is 11.6. The number of benzene rings is 1. The van der Waals surface area contributed by atoms with Gasteiger partial charge >= 0.3 is 0 Å². The highest BCUT2D eigenvalue weighted by Crippen LogP contribution is 2.23. The lowest BCUT2D eigenvalue weighted by Crippen LogP contribution is -2.06. The van der Waals surface area contributed by atoms with Crippen LogP contribution in [-0.2, 0) is 6.54 Å². The third-order valence-electron chi connectivity index (χ3n) is 2.33. The quantitative estimate of drug-likeness (QED) is 0.873. The number of aryl methyl sites for hydroxylation is 1. The maximum atomic E-state index is 5.70. The highest BCUT2D eigenvalue weighted by molar-refractivity contribution is 5.35. The first-order valence-corrected chi connectivity index (χ1v) is 5.50. The first-order chi connectivity index (χ1) is 8.29. The minimum Gasteiger partial charge on any atom is -0.437 e. The van der Waals surface area contributed by atoms with E-state index < -0.39 is 0 Å². The zero-order valence-electron chi connectivity index (χ0n) is 9.97. The second-order valence-electron chi connectivity index (χ2n) is 3.75. The number of rotatable bonds is 4. The molecule has 0 saturated heterocycles. The predicted molar refractivity (Wildman–Crippen MR) is 66.0 cm³/mol. The second kappa shape index (κ2) is 5.41. The summed E-state index contributed by atoms with van der Waals surface area (Å²) in [6.45, 7) is 2.65. The topological polar surface area (TPSA) is 47.0 Å². The van der Waals surface area contributed by atoms with E-state index in [0.29, 0.717) is 5.88 Å². The molecule has 1 heterocycles. The molecule has 1 aromatic heterocycles. The van der Waals surface area contributed by atoms with Crippen LogP contribution >= 0.6 is 0 Å². The molecule has 0 aliphatic heterocycles. The van der Waals surface area contributed by atoms with Crippen LogP contribution in [0.2, 0.25) is 0 Å². The molecule has 4 heteroatoms. The van der Waals surface area contributed by atoms with Gasteiger partial charge < -0.3 is 10.1 Å². The lowest BCUT2D eigenvalue weighted by atomic mass is 10.2. The van der Waals surface area contributed by atoms with Gasteiger partial charge in [0.25, 0.3) is 0 Å². The zero-order chi connectivity index (χ0) is 12.1. The van der Waals surface area contributed by atoms with Gasteiger partial charge in [-0.2, -0.15) is 5.10 Å². The molecule has 0 aliphatic rings. The van der Waals surface area contributed by atoms with E-state index in [0.717, 1.165) is 23.6 Å². The average molecular weight is 229 g/mol. The van der Waals surface area contributed by atoms with Gasteiger partial charge in [0.05, 0.1) is 5.69 Å². The van der Waals surface area contributed by atoms with Crippen LogP contribution in [0, 0.1) is 6.92 Å². The smallest absolute Gasteiger partial charge is 0.238 e. The molecule has 17 heavy (non-hydrogen) atoms. The Balaban J connectivity index is 2.20. The molecular formula is C13H15N3O. The Kier molecular flexibility index (Phi) is 3.67. The van der Waals surface area contributed by atoms with Gasteiger partial charge in [0.15, 0.2) is 0 Å². The molecule has 4 nitrogen and oxygen atoms in total. The van der Waals surface area contributed by atoms with Gasteiger partial charge in [-0.25, -0.2) is 0 Å². The van der Waals surface area contributed by atoms with Gasteiger partial charge in [0.2, 0.25) is 5.88 Å². The van der Waals surface area contributed by atoms with E-state index in [1.807, 2.05) is 50.4 Å². The minimum absolute atomic E-state index is 0.513. The Hall–Kier alpha value is -1.94. The van der Waals surface area contributed by atoms with Crippen LogP contribution in [0.3, 0.4) is 0 Å². The maximum Gasteiger partial charge on any atom is 0.238 e. The normalized spacial score (nSPS) is 10.2. The molecule has 0 atom stereocenters. The lowest BCUT2D eigenvalue weighted by molar-refractivity contribution is 0.447. The Labute approximate surface area is 101 Å². The van der Waals surface area contributed by atoms with E-state index in [1.54, 1.807) is 0 Å². The monoisotopic (exact) mass is 229 g/mol. The molecule has 0 unspecified atom stereocenters. The fourth-order valence-electron chi connectivity index (χ4n) is 1.49. The molecule has 1 N–H and O–H groups in total. The van der Waals surface area contributed by atoms with Crippen molar-refractivity contribution in [1.82, 2.24) is 15.5 Å². The van der Waals surface area contributed by atoms with Crippen LogP contribution in [0.25, 0.3) is 0 Å². The van der Waals surface area contributed by atoms with Crippen molar-refractivity contribution in [2.75, 3.05) is 7.05 Å². The molecule has 0 radical (unpaired) electrons. The Morgan fingerprint density at radius 3 is 2.65 bits per heavy atom. The van der Waals surface area contributed by atoms with Gasteiger partial charge in [0, 0.05) is 18.2 Å². The first kappa shape index (κ1) is 11.5. The van der Waals surface area contributed by atoms with Gasteiger partial charge in [-0.1, -0.05) is 18.2 Å². The van der Waals surface area contributed by atoms with Crippen LogP contribution in [0.5, 0.6) is 11.6 Å². The fourth-order valence-corrected chi connectivity index (χ4v) is 1.49. The number of nitrogens with one attached hydrogen (secondary N) is 1. The Bertz CT molecular complexity index is 482. The molecule has 0 amide bonds. The van der Waals surface area contributed by atoms with Crippen molar-refractivity contribution in [3.63, 3.8) is 0 Å². The highest BCUT2D eigenvalue weighted by Gasteiger charge is 2.04. The predicted octanol–water partition coefficient (Wildman–Crippen LogP) is 2.30. The van der Waals surface area contributed by atoms with Gasteiger partial charge in [-0.15, -0.1) is 5.10 Å². The summed E-state index contributed by atoms with van der Waals surface area (Å²) in [6.07, 6.45) is 0. The molecule has 1 aromatic carbocycles. The van der Waals surface area contributed by atoms with Crippen LogP contribution in [0.1, 0.15) is 11.3 Å². The Morgan fingerprint density at radius 1 is 1.12 bits per heavy atom. The highest BCUT2D eigenvalue weighted by atomic mass is 16.5. The average Bonchev–Trinajstić information content (AvgIpc) is 2.35. The molecule has 0 aliphatic carbocycles. The summed E-state index contributed by atoms with van der Waals surface area (Å²) in [7, 11) is 1.91. The van der Waals surface area contributed by atoms with E-state index in [4.69, 9.17) is 4.74 Å². The summed E-state index contributed by atoms with van der Waals surface area (Å²) in [5, 5.41) is 11.0. The number of aromatic nitrogens is 2. The zero-order valence-corrected chi connectivity index (χ0v) is 9.97. The van der Waals surface area contributed by atoms with Gasteiger partial charge in [-0.3, -0.25) is 0 Å². The number of para-hydroxylation sites is 1. The standard InChI is InChI=1S/C13H15N3O/c1-10-7-8-13(16-15-10)17-12-6-4-3-5-11(12)9-14-2/h3-8,14H,9H2,1-2H3. The van der Waals surface area contributed by atoms with E-state index in [1.165, 1.54) is 0 Å². The minimum atomic E-state index is 0.513. The van der Waals surface area contributed by atoms with Crippen molar-refractivity contribution in [2.45, 2.75) is 13.5 Å². The maximum absolute atomic E-state index is 5.70. The van der Waals surface area contributed by atoms with E-state index in [9.17, 15) is 0 Å². The summed E-state index contributed by atoms with van der Waals surface area (Å²) in [5.74, 6) is 1.32. The second-order valence-corrected chi connectivity index (χ2v) is 3.75. The van der Waals surface area contributed by atoms with Crippen molar-refractivity contribution in [3.8, 4) is 11.6 Å². The molecule has 2 rings (SSSR count). The molecule has 88 valence electrons. The molecular weight excluding hydrogens is 214 g/mol. The molecule has 0 saturated carbocycles. The molecule has 0 fully saturated rings. The summed E-state index contributed by atoms with van der Waals surface area (Å²) < 4.78 is 5.70. The van der Waals surface area contributed by atoms with Crippen LogP contribution < -0.4 is 10.1 Å². The van der Waals surface area contributed by atoms with Crippen LogP contribution in [0.4, 0.5) is 0 Å². The van der Waals surface area contributed by atoms with Gasteiger partial charge in [0.1, 0.15) is 5.75 Å². The van der Waals surface area contributed by atoms with Crippen molar-refractivity contribution < 1.29 is 4.74 Å². The third-order valence-corrected chi connectivity index (χ3v) is 2.33. The first-order valence-electron chi connectivity index (χ1n) is 5.50. The van der Waals surface area contributed by atoms with Crippen LogP contribution in [-0.4, -0.2) is 17.2 Å². The van der Waals surface area contributed by atoms with Gasteiger partial charge in [-0.05, 0) is 26.1 Å². The lowest BCUT2D eigenvalue weighted by Gasteiger charge is -2.09. The Morgan fingerprint density at radius 2 is 1.94 bits per heavy atom. The fraction of sp³-hybridized carbons (Fsp3) is 0.231. The molecule has 0 spiro atoms.